The second-order valence-electron chi connectivity index (χ2n) is 7.07. The van der Waals surface area contributed by atoms with Gasteiger partial charge in [0.2, 0.25) is 5.91 Å². The Bertz CT molecular complexity index is 755. The molecule has 1 saturated heterocycles. The summed E-state index contributed by atoms with van der Waals surface area (Å²) in [4.78, 5) is 12.2. The number of carbonyl (C=O) groups excluding carboxylic acids is 1. The third kappa shape index (κ3) is 6.46. The maximum atomic E-state index is 12.2. The van der Waals surface area contributed by atoms with Gasteiger partial charge >= 0.3 is 0 Å². The third-order valence-electron chi connectivity index (χ3n) is 4.26. The Morgan fingerprint density at radius 3 is 2.68 bits per heavy atom. The molecular weight excluding hydrogens is 356 g/mol. The maximum absolute atomic E-state index is 12.2. The summed E-state index contributed by atoms with van der Waals surface area (Å²) in [6.45, 7) is 5.51. The molecule has 0 spiro atoms. The van der Waals surface area contributed by atoms with Gasteiger partial charge in [-0.05, 0) is 63.1 Å². The molecule has 1 heterocycles. The van der Waals surface area contributed by atoms with Crippen LogP contribution in [0.1, 0.15) is 26.7 Å². The lowest BCUT2D eigenvalue weighted by Crippen LogP contribution is -2.21. The van der Waals surface area contributed by atoms with Gasteiger partial charge in [0.25, 0.3) is 0 Å². The van der Waals surface area contributed by atoms with Crippen molar-refractivity contribution >= 4 is 17.3 Å². The first-order valence-electron chi connectivity index (χ1n) is 9.73. The van der Waals surface area contributed by atoms with Crippen LogP contribution in [0.2, 0.25) is 0 Å². The molecule has 1 atom stereocenters. The fourth-order valence-electron chi connectivity index (χ4n) is 2.94. The number of benzene rings is 2. The molecule has 1 amide bonds. The van der Waals surface area contributed by atoms with Gasteiger partial charge in [0, 0.05) is 24.0 Å². The van der Waals surface area contributed by atoms with Crippen LogP contribution in [-0.2, 0) is 9.53 Å². The lowest BCUT2D eigenvalue weighted by atomic mass is 10.2. The van der Waals surface area contributed by atoms with Gasteiger partial charge in [-0.25, -0.2) is 0 Å². The minimum atomic E-state index is -0.125. The van der Waals surface area contributed by atoms with Crippen molar-refractivity contribution < 1.29 is 19.0 Å². The number of rotatable bonds is 9. The van der Waals surface area contributed by atoms with Crippen molar-refractivity contribution in [2.75, 3.05) is 30.4 Å². The van der Waals surface area contributed by atoms with Gasteiger partial charge in [0.05, 0.1) is 18.8 Å². The molecule has 1 unspecified atom stereocenters. The number of hydrogen-bond acceptors (Lipinski definition) is 5. The summed E-state index contributed by atoms with van der Waals surface area (Å²) in [6, 6.07) is 15.0. The van der Waals surface area contributed by atoms with E-state index in [2.05, 4.69) is 10.6 Å². The Kier molecular flexibility index (Phi) is 7.14. The molecule has 0 radical (unpaired) electrons. The van der Waals surface area contributed by atoms with Gasteiger partial charge < -0.3 is 24.8 Å². The number of anilines is 2. The zero-order chi connectivity index (χ0) is 19.8. The van der Waals surface area contributed by atoms with Crippen molar-refractivity contribution in [3.63, 3.8) is 0 Å². The number of nitrogens with one attached hydrogen (secondary N) is 2. The van der Waals surface area contributed by atoms with E-state index < -0.39 is 0 Å². The predicted octanol–water partition coefficient (Wildman–Crippen LogP) is 4.08. The zero-order valence-electron chi connectivity index (χ0n) is 16.4. The van der Waals surface area contributed by atoms with Gasteiger partial charge in [-0.1, -0.05) is 6.07 Å². The van der Waals surface area contributed by atoms with Crippen LogP contribution in [0.25, 0.3) is 0 Å². The van der Waals surface area contributed by atoms with Crippen LogP contribution in [0.3, 0.4) is 0 Å². The Balaban J connectivity index is 1.42. The lowest BCUT2D eigenvalue weighted by molar-refractivity contribution is -0.114. The summed E-state index contributed by atoms with van der Waals surface area (Å²) in [5.41, 5.74) is 1.57. The lowest BCUT2D eigenvalue weighted by Gasteiger charge is -2.13. The van der Waals surface area contributed by atoms with E-state index in [0.717, 1.165) is 36.6 Å². The first kappa shape index (κ1) is 20.0. The highest BCUT2D eigenvalue weighted by molar-refractivity contribution is 5.93. The van der Waals surface area contributed by atoms with Crippen molar-refractivity contribution in [3.8, 4) is 11.5 Å². The summed E-state index contributed by atoms with van der Waals surface area (Å²) in [5.74, 6) is 1.41. The van der Waals surface area contributed by atoms with Crippen molar-refractivity contribution in [2.24, 2.45) is 0 Å². The van der Waals surface area contributed by atoms with Crippen LogP contribution in [-0.4, -0.2) is 37.9 Å². The fraction of sp³-hybridized carbons (Fsp3) is 0.409. The molecule has 3 rings (SSSR count). The largest absolute Gasteiger partial charge is 0.491 e. The van der Waals surface area contributed by atoms with E-state index in [-0.39, 0.29) is 24.7 Å². The van der Waals surface area contributed by atoms with Gasteiger partial charge in [0.15, 0.2) is 0 Å². The minimum absolute atomic E-state index is 0.0882. The first-order chi connectivity index (χ1) is 13.6. The monoisotopic (exact) mass is 384 g/mol. The highest BCUT2D eigenvalue weighted by atomic mass is 16.5. The first-order valence-corrected chi connectivity index (χ1v) is 9.73. The molecule has 2 N–H and O–H groups in total. The zero-order valence-corrected chi connectivity index (χ0v) is 16.4. The van der Waals surface area contributed by atoms with E-state index in [4.69, 9.17) is 14.2 Å². The summed E-state index contributed by atoms with van der Waals surface area (Å²) in [5, 5.41) is 5.98. The molecule has 1 aliphatic heterocycles. The molecule has 0 aromatic heterocycles. The number of hydrogen-bond donors (Lipinski definition) is 2. The molecule has 150 valence electrons. The SMILES string of the molecule is CC(C)Oc1cccc(NC(=O)CNc2ccc(OCC3CCCO3)cc2)c1. The fourth-order valence-corrected chi connectivity index (χ4v) is 2.94. The van der Waals surface area contributed by atoms with E-state index in [1.807, 2.05) is 62.4 Å². The Morgan fingerprint density at radius 2 is 1.96 bits per heavy atom. The number of amides is 1. The van der Waals surface area contributed by atoms with Crippen LogP contribution in [0, 0.1) is 0 Å². The van der Waals surface area contributed by atoms with Gasteiger partial charge in [-0.15, -0.1) is 0 Å². The van der Waals surface area contributed by atoms with Crippen molar-refractivity contribution in [1.29, 1.82) is 0 Å². The van der Waals surface area contributed by atoms with E-state index in [0.29, 0.717) is 12.3 Å². The summed E-state index contributed by atoms with van der Waals surface area (Å²) < 4.78 is 16.9. The van der Waals surface area contributed by atoms with Crippen LogP contribution in [0.5, 0.6) is 11.5 Å². The van der Waals surface area contributed by atoms with Crippen LogP contribution >= 0.6 is 0 Å². The van der Waals surface area contributed by atoms with Gasteiger partial charge in [0.1, 0.15) is 18.1 Å². The molecule has 6 heteroatoms. The van der Waals surface area contributed by atoms with Crippen LogP contribution < -0.4 is 20.1 Å². The molecule has 0 bridgehead atoms. The van der Waals surface area contributed by atoms with Gasteiger partial charge in [-0.2, -0.15) is 0 Å². The van der Waals surface area contributed by atoms with E-state index >= 15 is 0 Å². The Morgan fingerprint density at radius 1 is 1.14 bits per heavy atom. The van der Waals surface area contributed by atoms with E-state index in [9.17, 15) is 4.79 Å². The molecule has 2 aromatic rings. The van der Waals surface area contributed by atoms with Crippen LogP contribution in [0.4, 0.5) is 11.4 Å². The quantitative estimate of drug-likeness (QED) is 0.682. The smallest absolute Gasteiger partial charge is 0.243 e. The molecule has 6 nitrogen and oxygen atoms in total. The third-order valence-corrected chi connectivity index (χ3v) is 4.26. The normalized spacial score (nSPS) is 16.0. The van der Waals surface area contributed by atoms with Crippen molar-refractivity contribution in [2.45, 2.75) is 38.9 Å². The summed E-state index contributed by atoms with van der Waals surface area (Å²) in [7, 11) is 0. The Labute approximate surface area is 166 Å². The number of ether oxygens (including phenoxy) is 3. The van der Waals surface area contributed by atoms with Crippen molar-refractivity contribution in [3.05, 3.63) is 48.5 Å². The molecule has 1 aliphatic rings. The summed E-state index contributed by atoms with van der Waals surface area (Å²) >= 11 is 0. The highest BCUT2D eigenvalue weighted by Crippen LogP contribution is 2.20. The molecule has 28 heavy (non-hydrogen) atoms. The second-order valence-corrected chi connectivity index (χ2v) is 7.07. The minimum Gasteiger partial charge on any atom is -0.491 e. The molecular formula is C22H28N2O4. The van der Waals surface area contributed by atoms with E-state index in [1.165, 1.54) is 0 Å². The Hall–Kier alpha value is -2.73. The molecule has 0 aliphatic carbocycles. The summed E-state index contributed by atoms with van der Waals surface area (Å²) in [6.07, 6.45) is 2.45. The highest BCUT2D eigenvalue weighted by Gasteiger charge is 2.15. The standard InChI is InChI=1S/C22H28N2O4/c1-16(2)28-20-6-3-5-18(13-20)24-22(25)14-23-17-8-10-19(11-9-17)27-15-21-7-4-12-26-21/h3,5-6,8-11,13,16,21,23H,4,7,12,14-15H2,1-2H3,(H,24,25). The van der Waals surface area contributed by atoms with Crippen molar-refractivity contribution in [1.82, 2.24) is 0 Å². The van der Waals surface area contributed by atoms with Gasteiger partial charge in [-0.3, -0.25) is 4.79 Å². The molecule has 1 fully saturated rings. The average Bonchev–Trinajstić information content (AvgIpc) is 3.19. The number of carbonyl (C=O) groups is 1. The maximum Gasteiger partial charge on any atom is 0.243 e. The predicted molar refractivity (Wildman–Crippen MR) is 110 cm³/mol. The molecule has 0 saturated carbocycles. The second kappa shape index (κ2) is 9.99. The topological polar surface area (TPSA) is 68.8 Å². The van der Waals surface area contributed by atoms with E-state index in [1.54, 1.807) is 0 Å². The van der Waals surface area contributed by atoms with Crippen LogP contribution in [0.15, 0.2) is 48.5 Å². The molecule has 2 aromatic carbocycles. The average molecular weight is 384 g/mol.